The van der Waals surface area contributed by atoms with E-state index in [0.717, 1.165) is 11.3 Å². The molecule has 0 aliphatic heterocycles. The standard InChI is InChI=1S/C16H17ClN2O3/c1-11-8-14(19(21)22)6-7-15(11)18-10-16(2,20)12-4-3-5-13(17)9-12/h3-9,18,20H,10H2,1-2H3. The number of nitro benzene ring substituents is 1. The minimum absolute atomic E-state index is 0.0460. The number of aryl methyl sites for hydroxylation is 1. The lowest BCUT2D eigenvalue weighted by Crippen LogP contribution is -2.30. The molecule has 1 unspecified atom stereocenters. The van der Waals surface area contributed by atoms with Crippen LogP contribution < -0.4 is 5.32 Å². The van der Waals surface area contributed by atoms with Crippen LogP contribution in [0.1, 0.15) is 18.1 Å². The predicted octanol–water partition coefficient (Wildman–Crippen LogP) is 3.88. The molecular formula is C16H17ClN2O3. The molecule has 116 valence electrons. The number of nitro groups is 1. The fourth-order valence-electron chi connectivity index (χ4n) is 2.15. The van der Waals surface area contributed by atoms with Crippen LogP contribution in [0.4, 0.5) is 11.4 Å². The van der Waals surface area contributed by atoms with Crippen molar-refractivity contribution >= 4 is 23.0 Å². The van der Waals surface area contributed by atoms with Crippen molar-refractivity contribution in [2.45, 2.75) is 19.4 Å². The van der Waals surface area contributed by atoms with E-state index in [1.807, 2.05) is 0 Å². The Morgan fingerprint density at radius 2 is 2.05 bits per heavy atom. The third kappa shape index (κ3) is 3.75. The number of anilines is 1. The molecule has 0 radical (unpaired) electrons. The number of aliphatic hydroxyl groups is 1. The van der Waals surface area contributed by atoms with Crippen molar-refractivity contribution in [3.63, 3.8) is 0 Å². The van der Waals surface area contributed by atoms with Gasteiger partial charge in [0.25, 0.3) is 5.69 Å². The molecule has 0 heterocycles. The van der Waals surface area contributed by atoms with Crippen LogP contribution in [0.15, 0.2) is 42.5 Å². The Morgan fingerprint density at radius 1 is 1.32 bits per heavy atom. The molecule has 0 amide bonds. The van der Waals surface area contributed by atoms with Crippen LogP contribution in [0.25, 0.3) is 0 Å². The molecule has 22 heavy (non-hydrogen) atoms. The van der Waals surface area contributed by atoms with Gasteiger partial charge in [-0.25, -0.2) is 0 Å². The second-order valence-electron chi connectivity index (χ2n) is 5.39. The monoisotopic (exact) mass is 320 g/mol. The van der Waals surface area contributed by atoms with Gasteiger partial charge >= 0.3 is 0 Å². The van der Waals surface area contributed by atoms with E-state index < -0.39 is 10.5 Å². The summed E-state index contributed by atoms with van der Waals surface area (Å²) < 4.78 is 0. The quantitative estimate of drug-likeness (QED) is 0.647. The highest BCUT2D eigenvalue weighted by atomic mass is 35.5. The zero-order valence-electron chi connectivity index (χ0n) is 12.3. The van der Waals surface area contributed by atoms with Crippen LogP contribution in [0.5, 0.6) is 0 Å². The molecule has 0 bridgehead atoms. The van der Waals surface area contributed by atoms with E-state index in [9.17, 15) is 15.2 Å². The van der Waals surface area contributed by atoms with Gasteiger partial charge in [0.15, 0.2) is 0 Å². The third-order valence-corrected chi connectivity index (χ3v) is 3.73. The third-order valence-electron chi connectivity index (χ3n) is 3.49. The van der Waals surface area contributed by atoms with Crippen LogP contribution in [0, 0.1) is 17.0 Å². The minimum atomic E-state index is -1.11. The molecule has 2 rings (SSSR count). The first kappa shape index (κ1) is 16.3. The maximum atomic E-state index is 10.7. The Kier molecular flexibility index (Phi) is 4.68. The van der Waals surface area contributed by atoms with Crippen molar-refractivity contribution in [3.05, 3.63) is 68.7 Å². The summed E-state index contributed by atoms with van der Waals surface area (Å²) in [5, 5.41) is 25.0. The molecule has 6 heteroatoms. The SMILES string of the molecule is Cc1cc([N+](=O)[O-])ccc1NCC(C)(O)c1cccc(Cl)c1. The molecule has 0 aromatic heterocycles. The summed E-state index contributed by atoms with van der Waals surface area (Å²) in [7, 11) is 0. The Hall–Kier alpha value is -2.11. The minimum Gasteiger partial charge on any atom is -0.384 e. The Bertz CT molecular complexity index is 702. The van der Waals surface area contributed by atoms with Crippen molar-refractivity contribution in [2.75, 3.05) is 11.9 Å². The Labute approximate surface area is 133 Å². The summed E-state index contributed by atoms with van der Waals surface area (Å²) in [6, 6.07) is 11.6. The Morgan fingerprint density at radius 3 is 2.64 bits per heavy atom. The molecule has 0 saturated heterocycles. The van der Waals surface area contributed by atoms with E-state index in [4.69, 9.17) is 11.6 Å². The normalized spacial score (nSPS) is 13.5. The summed E-state index contributed by atoms with van der Waals surface area (Å²) in [5.41, 5.74) is 1.12. The van der Waals surface area contributed by atoms with E-state index in [1.165, 1.54) is 12.1 Å². The highest BCUT2D eigenvalue weighted by Crippen LogP contribution is 2.26. The lowest BCUT2D eigenvalue weighted by Gasteiger charge is -2.25. The van der Waals surface area contributed by atoms with E-state index in [0.29, 0.717) is 10.6 Å². The summed E-state index contributed by atoms with van der Waals surface area (Å²) in [6.45, 7) is 3.72. The summed E-state index contributed by atoms with van der Waals surface area (Å²) in [4.78, 5) is 10.3. The first-order valence-electron chi connectivity index (χ1n) is 6.77. The van der Waals surface area contributed by atoms with Gasteiger partial charge in [0, 0.05) is 29.4 Å². The Balaban J connectivity index is 2.13. The number of hydrogen-bond acceptors (Lipinski definition) is 4. The zero-order chi connectivity index (χ0) is 16.3. The fourth-order valence-corrected chi connectivity index (χ4v) is 2.34. The van der Waals surface area contributed by atoms with E-state index in [-0.39, 0.29) is 12.2 Å². The van der Waals surface area contributed by atoms with Gasteiger partial charge in [0.05, 0.1) is 4.92 Å². The van der Waals surface area contributed by atoms with Crippen molar-refractivity contribution in [2.24, 2.45) is 0 Å². The number of halogens is 1. The van der Waals surface area contributed by atoms with Gasteiger partial charge in [0.2, 0.25) is 0 Å². The average molecular weight is 321 g/mol. The zero-order valence-corrected chi connectivity index (χ0v) is 13.1. The molecule has 0 aliphatic carbocycles. The summed E-state index contributed by atoms with van der Waals surface area (Å²) >= 11 is 5.94. The maximum absolute atomic E-state index is 10.7. The number of non-ortho nitro benzene ring substituents is 1. The van der Waals surface area contributed by atoms with Gasteiger partial charge in [-0.1, -0.05) is 23.7 Å². The molecule has 0 fully saturated rings. The van der Waals surface area contributed by atoms with Gasteiger partial charge in [-0.2, -0.15) is 0 Å². The molecule has 2 aromatic carbocycles. The van der Waals surface area contributed by atoms with Crippen LogP contribution >= 0.6 is 11.6 Å². The first-order chi connectivity index (χ1) is 10.3. The molecule has 0 spiro atoms. The van der Waals surface area contributed by atoms with Gasteiger partial charge in [0.1, 0.15) is 5.60 Å². The van der Waals surface area contributed by atoms with Crippen molar-refractivity contribution < 1.29 is 10.0 Å². The molecule has 2 N–H and O–H groups in total. The molecule has 0 saturated carbocycles. The van der Waals surface area contributed by atoms with Crippen LogP contribution in [0.3, 0.4) is 0 Å². The number of hydrogen-bond donors (Lipinski definition) is 2. The predicted molar refractivity (Wildman–Crippen MR) is 87.3 cm³/mol. The van der Waals surface area contributed by atoms with Gasteiger partial charge in [-0.05, 0) is 43.2 Å². The second kappa shape index (κ2) is 6.34. The average Bonchev–Trinajstić information content (AvgIpc) is 2.46. The summed E-state index contributed by atoms with van der Waals surface area (Å²) in [6.07, 6.45) is 0. The van der Waals surface area contributed by atoms with E-state index in [2.05, 4.69) is 5.32 Å². The topological polar surface area (TPSA) is 75.4 Å². The van der Waals surface area contributed by atoms with Crippen molar-refractivity contribution in [1.82, 2.24) is 0 Å². The number of nitrogens with zero attached hydrogens (tertiary/aromatic N) is 1. The van der Waals surface area contributed by atoms with E-state index >= 15 is 0 Å². The second-order valence-corrected chi connectivity index (χ2v) is 5.83. The first-order valence-corrected chi connectivity index (χ1v) is 7.15. The molecule has 2 aromatic rings. The lowest BCUT2D eigenvalue weighted by atomic mass is 9.96. The highest BCUT2D eigenvalue weighted by Gasteiger charge is 2.23. The smallest absolute Gasteiger partial charge is 0.269 e. The number of nitrogens with one attached hydrogen (secondary N) is 1. The maximum Gasteiger partial charge on any atom is 0.269 e. The van der Waals surface area contributed by atoms with Crippen LogP contribution in [0.2, 0.25) is 5.02 Å². The van der Waals surface area contributed by atoms with Crippen molar-refractivity contribution in [3.8, 4) is 0 Å². The number of rotatable bonds is 5. The molecule has 5 nitrogen and oxygen atoms in total. The molecular weight excluding hydrogens is 304 g/mol. The molecule has 1 atom stereocenters. The molecule has 0 aliphatic rings. The number of benzene rings is 2. The fraction of sp³-hybridized carbons (Fsp3) is 0.250. The summed E-state index contributed by atoms with van der Waals surface area (Å²) in [5.74, 6) is 0. The van der Waals surface area contributed by atoms with Gasteiger partial charge in [-0.3, -0.25) is 10.1 Å². The van der Waals surface area contributed by atoms with Crippen molar-refractivity contribution in [1.29, 1.82) is 0 Å². The van der Waals surface area contributed by atoms with E-state index in [1.54, 1.807) is 44.2 Å². The van der Waals surface area contributed by atoms with Gasteiger partial charge in [-0.15, -0.1) is 0 Å². The van der Waals surface area contributed by atoms with Crippen LogP contribution in [-0.2, 0) is 5.60 Å². The highest BCUT2D eigenvalue weighted by molar-refractivity contribution is 6.30. The van der Waals surface area contributed by atoms with Gasteiger partial charge < -0.3 is 10.4 Å². The lowest BCUT2D eigenvalue weighted by molar-refractivity contribution is -0.384. The largest absolute Gasteiger partial charge is 0.384 e. The van der Waals surface area contributed by atoms with Crippen LogP contribution in [-0.4, -0.2) is 16.6 Å².